The minimum atomic E-state index is -2.82. The van der Waals surface area contributed by atoms with Gasteiger partial charge in [-0.05, 0) is 49.3 Å². The Kier molecular flexibility index (Phi) is 11.7. The van der Waals surface area contributed by atoms with Crippen molar-refractivity contribution in [2.45, 2.75) is 52.2 Å². The van der Waals surface area contributed by atoms with E-state index in [0.29, 0.717) is 6.54 Å². The van der Waals surface area contributed by atoms with Gasteiger partial charge in [-0.1, -0.05) is 25.0 Å². The van der Waals surface area contributed by atoms with Gasteiger partial charge in [-0.15, -0.1) is 24.0 Å². The predicted octanol–water partition coefficient (Wildman–Crippen LogP) is 4.56. The van der Waals surface area contributed by atoms with Crippen molar-refractivity contribution in [2.24, 2.45) is 10.4 Å². The first-order valence-corrected chi connectivity index (χ1v) is 9.62. The van der Waals surface area contributed by atoms with Gasteiger partial charge in [-0.3, -0.25) is 0 Å². The zero-order valence-electron chi connectivity index (χ0n) is 16.7. The Hall–Kier alpha value is -1.16. The van der Waals surface area contributed by atoms with Crippen LogP contribution in [0, 0.1) is 5.41 Å². The molecule has 0 aromatic heterocycles. The quantitative estimate of drug-likeness (QED) is 0.275. The van der Waals surface area contributed by atoms with E-state index in [9.17, 15) is 8.78 Å². The SMILES string of the molecule is CCNC(=NCc1cccc(OC(F)F)c1)NCC1(CCOC)CCCC1.I. The third kappa shape index (κ3) is 8.46. The number of halogens is 3. The zero-order chi connectivity index (χ0) is 19.5. The zero-order valence-corrected chi connectivity index (χ0v) is 19.0. The Labute approximate surface area is 183 Å². The largest absolute Gasteiger partial charge is 0.435 e. The summed E-state index contributed by atoms with van der Waals surface area (Å²) in [7, 11) is 1.74. The first kappa shape index (κ1) is 24.9. The van der Waals surface area contributed by atoms with Gasteiger partial charge in [0.05, 0.1) is 6.54 Å². The molecule has 0 aliphatic heterocycles. The fourth-order valence-corrected chi connectivity index (χ4v) is 3.56. The number of benzene rings is 1. The van der Waals surface area contributed by atoms with Crippen molar-refractivity contribution in [1.82, 2.24) is 10.6 Å². The molecule has 0 radical (unpaired) electrons. The number of nitrogens with zero attached hydrogens (tertiary/aromatic N) is 1. The van der Waals surface area contributed by atoms with Gasteiger partial charge in [0.2, 0.25) is 0 Å². The minimum Gasteiger partial charge on any atom is -0.435 e. The van der Waals surface area contributed by atoms with Crippen LogP contribution in [0.25, 0.3) is 0 Å². The van der Waals surface area contributed by atoms with E-state index in [1.807, 2.05) is 13.0 Å². The van der Waals surface area contributed by atoms with Crippen molar-refractivity contribution < 1.29 is 18.3 Å². The molecule has 28 heavy (non-hydrogen) atoms. The van der Waals surface area contributed by atoms with E-state index >= 15 is 0 Å². The molecular weight excluding hydrogens is 479 g/mol. The fourth-order valence-electron chi connectivity index (χ4n) is 3.56. The third-order valence-electron chi connectivity index (χ3n) is 5.02. The summed E-state index contributed by atoms with van der Waals surface area (Å²) in [5.74, 6) is 0.890. The van der Waals surface area contributed by atoms with Crippen LogP contribution in [0.15, 0.2) is 29.3 Å². The molecule has 1 saturated carbocycles. The van der Waals surface area contributed by atoms with Gasteiger partial charge in [0.1, 0.15) is 5.75 Å². The summed E-state index contributed by atoms with van der Waals surface area (Å²) < 4.78 is 34.5. The molecule has 0 spiro atoms. The Morgan fingerprint density at radius 2 is 2.00 bits per heavy atom. The van der Waals surface area contributed by atoms with Crippen molar-refractivity contribution in [3.63, 3.8) is 0 Å². The molecule has 1 aromatic rings. The van der Waals surface area contributed by atoms with Crippen LogP contribution in [-0.4, -0.2) is 39.4 Å². The van der Waals surface area contributed by atoms with Crippen LogP contribution in [0.1, 0.15) is 44.6 Å². The molecule has 0 heterocycles. The number of aliphatic imine (C=N–C) groups is 1. The van der Waals surface area contributed by atoms with Gasteiger partial charge in [0.25, 0.3) is 0 Å². The standard InChI is InChI=1S/C20H31F2N3O2.HI/c1-3-23-19(25-15-20(11-12-26-2)9-4-5-10-20)24-14-16-7-6-8-17(13-16)27-18(21)22;/h6-8,13,18H,3-5,9-12,14-15H2,1-2H3,(H2,23,24,25);1H. The predicted molar refractivity (Wildman–Crippen MR) is 119 cm³/mol. The number of hydrogen-bond donors (Lipinski definition) is 2. The average molecular weight is 511 g/mol. The average Bonchev–Trinajstić information content (AvgIpc) is 3.11. The normalized spacial score (nSPS) is 16.0. The minimum absolute atomic E-state index is 0. The highest BCUT2D eigenvalue weighted by Gasteiger charge is 2.33. The lowest BCUT2D eigenvalue weighted by Crippen LogP contribution is -2.43. The van der Waals surface area contributed by atoms with Crippen LogP contribution in [0.4, 0.5) is 8.78 Å². The van der Waals surface area contributed by atoms with Gasteiger partial charge >= 0.3 is 6.61 Å². The molecule has 1 aromatic carbocycles. The number of hydrogen-bond acceptors (Lipinski definition) is 3. The van der Waals surface area contributed by atoms with Crippen LogP contribution in [-0.2, 0) is 11.3 Å². The van der Waals surface area contributed by atoms with Crippen LogP contribution in [0.2, 0.25) is 0 Å². The van der Waals surface area contributed by atoms with Crippen molar-refractivity contribution in [3.05, 3.63) is 29.8 Å². The van der Waals surface area contributed by atoms with E-state index in [2.05, 4.69) is 20.4 Å². The number of ether oxygens (including phenoxy) is 2. The van der Waals surface area contributed by atoms with Gasteiger partial charge in [0, 0.05) is 26.8 Å². The highest BCUT2D eigenvalue weighted by atomic mass is 127. The maximum absolute atomic E-state index is 12.4. The van der Waals surface area contributed by atoms with Crippen molar-refractivity contribution in [3.8, 4) is 5.75 Å². The molecule has 0 unspecified atom stereocenters. The lowest BCUT2D eigenvalue weighted by Gasteiger charge is -2.30. The molecule has 0 bridgehead atoms. The molecule has 0 atom stereocenters. The van der Waals surface area contributed by atoms with E-state index in [1.54, 1.807) is 19.2 Å². The van der Waals surface area contributed by atoms with E-state index in [4.69, 9.17) is 4.74 Å². The number of rotatable bonds is 10. The second kappa shape index (κ2) is 13.1. The van der Waals surface area contributed by atoms with Gasteiger partial charge in [0.15, 0.2) is 5.96 Å². The van der Waals surface area contributed by atoms with Crippen molar-refractivity contribution in [2.75, 3.05) is 26.8 Å². The number of nitrogens with one attached hydrogen (secondary N) is 2. The Morgan fingerprint density at radius 1 is 1.25 bits per heavy atom. The summed E-state index contributed by atoms with van der Waals surface area (Å²) in [5.41, 5.74) is 1.08. The highest BCUT2D eigenvalue weighted by Crippen LogP contribution is 2.40. The Balaban J connectivity index is 0.00000392. The molecule has 2 N–H and O–H groups in total. The van der Waals surface area contributed by atoms with Crippen molar-refractivity contribution >= 4 is 29.9 Å². The van der Waals surface area contributed by atoms with Gasteiger partial charge in [-0.25, -0.2) is 4.99 Å². The fraction of sp³-hybridized carbons (Fsp3) is 0.650. The molecule has 1 aliphatic rings. The molecule has 1 fully saturated rings. The molecule has 8 heteroatoms. The van der Waals surface area contributed by atoms with E-state index < -0.39 is 6.61 Å². The Bertz CT molecular complexity index is 597. The second-order valence-corrected chi connectivity index (χ2v) is 7.02. The number of guanidine groups is 1. The van der Waals surface area contributed by atoms with Gasteiger partial charge < -0.3 is 20.1 Å². The summed E-state index contributed by atoms with van der Waals surface area (Å²) in [6.45, 7) is 1.97. The summed E-state index contributed by atoms with van der Waals surface area (Å²) in [6, 6.07) is 6.66. The maximum Gasteiger partial charge on any atom is 0.387 e. The number of methoxy groups -OCH3 is 1. The third-order valence-corrected chi connectivity index (χ3v) is 5.02. The van der Waals surface area contributed by atoms with Crippen LogP contribution >= 0.6 is 24.0 Å². The number of alkyl halides is 2. The monoisotopic (exact) mass is 511 g/mol. The molecule has 1 aliphatic carbocycles. The molecular formula is C20H32F2IN3O2. The molecule has 0 amide bonds. The first-order chi connectivity index (χ1) is 13.1. The molecule has 0 saturated heterocycles. The summed E-state index contributed by atoms with van der Waals surface area (Å²) in [5, 5.41) is 6.71. The van der Waals surface area contributed by atoms with Crippen LogP contribution in [0.5, 0.6) is 5.75 Å². The lowest BCUT2D eigenvalue weighted by molar-refractivity contribution is -0.0498. The smallest absolute Gasteiger partial charge is 0.387 e. The molecule has 160 valence electrons. The second-order valence-electron chi connectivity index (χ2n) is 7.02. The van der Waals surface area contributed by atoms with Crippen molar-refractivity contribution in [1.29, 1.82) is 0 Å². The van der Waals surface area contributed by atoms with E-state index in [1.165, 1.54) is 31.7 Å². The summed E-state index contributed by atoms with van der Waals surface area (Å²) in [6.07, 6.45) is 5.97. The summed E-state index contributed by atoms with van der Waals surface area (Å²) >= 11 is 0. The topological polar surface area (TPSA) is 54.9 Å². The van der Waals surface area contributed by atoms with E-state index in [0.717, 1.165) is 37.6 Å². The van der Waals surface area contributed by atoms with Crippen LogP contribution in [0.3, 0.4) is 0 Å². The van der Waals surface area contributed by atoms with Crippen LogP contribution < -0.4 is 15.4 Å². The first-order valence-electron chi connectivity index (χ1n) is 9.62. The molecule has 2 rings (SSSR count). The Morgan fingerprint density at radius 3 is 2.64 bits per heavy atom. The van der Waals surface area contributed by atoms with Gasteiger partial charge in [-0.2, -0.15) is 8.78 Å². The maximum atomic E-state index is 12.4. The highest BCUT2D eigenvalue weighted by molar-refractivity contribution is 14.0. The molecule has 5 nitrogen and oxygen atoms in total. The van der Waals surface area contributed by atoms with E-state index in [-0.39, 0.29) is 35.1 Å². The lowest BCUT2D eigenvalue weighted by atomic mass is 9.83. The summed E-state index contributed by atoms with van der Waals surface area (Å²) in [4.78, 5) is 4.60.